The first-order valence-corrected chi connectivity index (χ1v) is 9.75. The number of unbranched alkanes of at least 4 members (excludes halogenated alkanes) is 2. The van der Waals surface area contributed by atoms with Gasteiger partial charge in [-0.2, -0.15) is 10.2 Å². The van der Waals surface area contributed by atoms with Gasteiger partial charge >= 0.3 is 0 Å². The molecule has 2 aromatic carbocycles. The Morgan fingerprint density at radius 3 is 2.73 bits per heavy atom. The van der Waals surface area contributed by atoms with Crippen LogP contribution in [0.3, 0.4) is 0 Å². The summed E-state index contributed by atoms with van der Waals surface area (Å²) in [7, 11) is 1.45. The molecule has 0 radical (unpaired) electrons. The molecule has 0 saturated heterocycles. The van der Waals surface area contributed by atoms with Gasteiger partial charge in [-0.15, -0.1) is 0 Å². The van der Waals surface area contributed by atoms with Crippen molar-refractivity contribution in [2.45, 2.75) is 32.7 Å². The maximum absolute atomic E-state index is 12.8. The summed E-state index contributed by atoms with van der Waals surface area (Å²) in [4.78, 5) is 25.4. The minimum absolute atomic E-state index is 0.0136. The Labute approximate surface area is 173 Å². The van der Waals surface area contributed by atoms with E-state index in [1.807, 2.05) is 0 Å². The van der Waals surface area contributed by atoms with Crippen molar-refractivity contribution < 1.29 is 14.6 Å². The fraction of sp³-hybridized carbons (Fsp3) is 0.273. The lowest BCUT2D eigenvalue weighted by Crippen LogP contribution is -2.29. The van der Waals surface area contributed by atoms with E-state index in [4.69, 9.17) is 4.74 Å². The van der Waals surface area contributed by atoms with Crippen molar-refractivity contribution >= 4 is 22.9 Å². The highest BCUT2D eigenvalue weighted by Gasteiger charge is 2.16. The Balaban J connectivity index is 1.86. The van der Waals surface area contributed by atoms with Gasteiger partial charge in [-0.25, -0.2) is 10.1 Å². The fourth-order valence-corrected chi connectivity index (χ4v) is 3.06. The van der Waals surface area contributed by atoms with Crippen LogP contribution in [0.2, 0.25) is 0 Å². The number of carbonyl (C=O) groups is 1. The third-order valence-electron chi connectivity index (χ3n) is 4.64. The fourth-order valence-electron chi connectivity index (χ4n) is 3.06. The average molecular weight is 408 g/mol. The molecular formula is C22H24N4O4. The van der Waals surface area contributed by atoms with Gasteiger partial charge in [-0.3, -0.25) is 9.59 Å². The molecule has 0 unspecified atom stereocenters. The highest BCUT2D eigenvalue weighted by Crippen LogP contribution is 2.25. The van der Waals surface area contributed by atoms with Crippen LogP contribution >= 0.6 is 0 Å². The number of hydrogen-bond acceptors (Lipinski definition) is 6. The molecule has 3 aromatic rings. The van der Waals surface area contributed by atoms with Crippen molar-refractivity contribution in [1.29, 1.82) is 0 Å². The number of phenols is 1. The number of fused-ring (bicyclic) bond motifs is 1. The molecule has 0 saturated carbocycles. The Hall–Kier alpha value is -3.68. The molecule has 30 heavy (non-hydrogen) atoms. The number of nitrogens with zero attached hydrogens (tertiary/aromatic N) is 3. The van der Waals surface area contributed by atoms with Crippen LogP contribution in [0.4, 0.5) is 0 Å². The highest BCUT2D eigenvalue weighted by atomic mass is 16.5. The summed E-state index contributed by atoms with van der Waals surface area (Å²) < 4.78 is 6.40. The number of hydrazone groups is 1. The second-order valence-electron chi connectivity index (χ2n) is 6.76. The first kappa shape index (κ1) is 21.0. The Morgan fingerprint density at radius 2 is 2.00 bits per heavy atom. The zero-order chi connectivity index (χ0) is 21.5. The van der Waals surface area contributed by atoms with Crippen LogP contribution in [0.15, 0.2) is 52.4 Å². The zero-order valence-corrected chi connectivity index (χ0v) is 17.0. The summed E-state index contributed by atoms with van der Waals surface area (Å²) in [6.07, 6.45) is 4.23. The Bertz CT molecular complexity index is 1140. The van der Waals surface area contributed by atoms with Gasteiger partial charge < -0.3 is 9.84 Å². The molecule has 2 N–H and O–H groups in total. The second-order valence-corrected chi connectivity index (χ2v) is 6.76. The summed E-state index contributed by atoms with van der Waals surface area (Å²) in [5.41, 5.74) is 3.02. The molecule has 156 valence electrons. The minimum Gasteiger partial charge on any atom is -0.504 e. The van der Waals surface area contributed by atoms with Gasteiger partial charge in [-0.1, -0.05) is 38.0 Å². The van der Waals surface area contributed by atoms with Crippen LogP contribution in [0.1, 0.15) is 42.2 Å². The quantitative estimate of drug-likeness (QED) is 0.339. The zero-order valence-electron chi connectivity index (χ0n) is 17.0. The molecule has 8 nitrogen and oxygen atoms in total. The maximum atomic E-state index is 12.8. The van der Waals surface area contributed by atoms with Gasteiger partial charge in [0, 0.05) is 11.9 Å². The molecule has 0 aliphatic heterocycles. The molecule has 0 aliphatic carbocycles. The van der Waals surface area contributed by atoms with Crippen molar-refractivity contribution in [3.63, 3.8) is 0 Å². The van der Waals surface area contributed by atoms with Crippen LogP contribution in [0.5, 0.6) is 11.5 Å². The summed E-state index contributed by atoms with van der Waals surface area (Å²) in [6, 6.07) is 11.6. The molecule has 0 aliphatic rings. The van der Waals surface area contributed by atoms with E-state index in [0.29, 0.717) is 28.6 Å². The van der Waals surface area contributed by atoms with Crippen molar-refractivity contribution in [3.05, 3.63) is 64.1 Å². The number of aromatic nitrogens is 2. The molecule has 1 amide bonds. The van der Waals surface area contributed by atoms with E-state index in [0.717, 1.165) is 19.3 Å². The first-order chi connectivity index (χ1) is 14.5. The molecule has 3 rings (SSSR count). The number of aromatic hydroxyl groups is 1. The van der Waals surface area contributed by atoms with Crippen molar-refractivity contribution in [1.82, 2.24) is 15.2 Å². The molecule has 1 aromatic heterocycles. The van der Waals surface area contributed by atoms with E-state index in [1.165, 1.54) is 24.1 Å². The third kappa shape index (κ3) is 4.65. The number of rotatable bonds is 8. The molecule has 0 atom stereocenters. The number of hydrogen-bond donors (Lipinski definition) is 2. The van der Waals surface area contributed by atoms with Crippen molar-refractivity contribution in [2.75, 3.05) is 7.11 Å². The summed E-state index contributed by atoms with van der Waals surface area (Å²) in [5, 5.41) is 18.8. The number of benzene rings is 2. The minimum atomic E-state index is -0.516. The molecular weight excluding hydrogens is 384 g/mol. The second kappa shape index (κ2) is 9.69. The standard InChI is InChI=1S/C22H24N4O4/c1-3-4-7-12-26-22(29)17-9-6-5-8-16(17)20(25-26)21(28)24-23-14-15-10-11-18(27)19(13-15)30-2/h5-6,8-11,13-14,27H,3-4,7,12H2,1-2H3,(H,24,28)/b23-14+. The molecule has 0 fully saturated rings. The van der Waals surface area contributed by atoms with Crippen LogP contribution in [-0.2, 0) is 6.54 Å². The predicted molar refractivity (Wildman–Crippen MR) is 115 cm³/mol. The van der Waals surface area contributed by atoms with Crippen molar-refractivity contribution in [2.24, 2.45) is 5.10 Å². The van der Waals surface area contributed by atoms with E-state index in [-0.39, 0.29) is 17.0 Å². The van der Waals surface area contributed by atoms with Gasteiger partial charge in [0.2, 0.25) is 0 Å². The maximum Gasteiger partial charge on any atom is 0.292 e. The summed E-state index contributed by atoms with van der Waals surface area (Å²) in [6.45, 7) is 2.53. The van der Waals surface area contributed by atoms with Crippen LogP contribution in [0.25, 0.3) is 10.8 Å². The van der Waals surface area contributed by atoms with E-state index in [1.54, 1.807) is 36.4 Å². The number of methoxy groups -OCH3 is 1. The third-order valence-corrected chi connectivity index (χ3v) is 4.64. The lowest BCUT2D eigenvalue weighted by Gasteiger charge is -2.10. The monoisotopic (exact) mass is 408 g/mol. The number of carbonyl (C=O) groups excluding carboxylic acids is 1. The number of nitrogens with one attached hydrogen (secondary N) is 1. The number of phenolic OH excluding ortho intramolecular Hbond substituents is 1. The lowest BCUT2D eigenvalue weighted by molar-refractivity contribution is 0.0949. The molecule has 0 spiro atoms. The largest absolute Gasteiger partial charge is 0.504 e. The predicted octanol–water partition coefficient (Wildman–Crippen LogP) is 3.06. The van der Waals surface area contributed by atoms with Crippen molar-refractivity contribution in [3.8, 4) is 11.5 Å². The van der Waals surface area contributed by atoms with Gasteiger partial charge in [-0.05, 0) is 36.2 Å². The van der Waals surface area contributed by atoms with Crippen LogP contribution in [0, 0.1) is 0 Å². The van der Waals surface area contributed by atoms with E-state index in [2.05, 4.69) is 22.5 Å². The average Bonchev–Trinajstić information content (AvgIpc) is 2.76. The Morgan fingerprint density at radius 1 is 1.23 bits per heavy atom. The number of aryl methyl sites for hydroxylation is 1. The van der Waals surface area contributed by atoms with Gasteiger partial charge in [0.25, 0.3) is 11.5 Å². The molecule has 1 heterocycles. The Kier molecular flexibility index (Phi) is 6.79. The van der Waals surface area contributed by atoms with E-state index in [9.17, 15) is 14.7 Å². The number of ether oxygens (including phenoxy) is 1. The van der Waals surface area contributed by atoms with Crippen LogP contribution < -0.4 is 15.7 Å². The molecule has 0 bridgehead atoms. The molecule has 8 heteroatoms. The SMILES string of the molecule is CCCCCn1nc(C(=O)N/N=C/c2ccc(O)c(OC)c2)c2ccccc2c1=O. The van der Waals surface area contributed by atoms with E-state index < -0.39 is 5.91 Å². The topological polar surface area (TPSA) is 106 Å². The smallest absolute Gasteiger partial charge is 0.292 e. The van der Waals surface area contributed by atoms with E-state index >= 15 is 0 Å². The summed E-state index contributed by atoms with van der Waals surface area (Å²) in [5.74, 6) is -0.200. The summed E-state index contributed by atoms with van der Waals surface area (Å²) >= 11 is 0. The van der Waals surface area contributed by atoms with Gasteiger partial charge in [0.15, 0.2) is 17.2 Å². The van der Waals surface area contributed by atoms with Gasteiger partial charge in [0.05, 0.1) is 18.7 Å². The first-order valence-electron chi connectivity index (χ1n) is 9.75. The normalized spacial score (nSPS) is 11.1. The number of amides is 1. The lowest BCUT2D eigenvalue weighted by atomic mass is 10.1. The van der Waals surface area contributed by atoms with Gasteiger partial charge in [0.1, 0.15) is 0 Å². The highest BCUT2D eigenvalue weighted by molar-refractivity contribution is 6.04. The van der Waals surface area contributed by atoms with Crippen LogP contribution in [-0.4, -0.2) is 34.1 Å².